The second-order valence-corrected chi connectivity index (χ2v) is 9.38. The Kier molecular flexibility index (Phi) is 14.9. The van der Waals surface area contributed by atoms with Crippen LogP contribution in [0, 0.1) is 0 Å². The zero-order chi connectivity index (χ0) is 24.5. The maximum atomic E-state index is 9.88. The van der Waals surface area contributed by atoms with E-state index in [1.54, 1.807) is 6.92 Å². The number of aryl methyl sites for hydroxylation is 1. The molecule has 1 aromatic carbocycles. The van der Waals surface area contributed by atoms with Gasteiger partial charge < -0.3 is 9.67 Å². The number of hydrogen-bond donors (Lipinski definition) is 2. The lowest BCUT2D eigenvalue weighted by Gasteiger charge is -2.08. The molecule has 2 aromatic rings. The molecule has 0 spiro atoms. The minimum atomic E-state index is -4.17. The second-order valence-electron chi connectivity index (χ2n) is 8.28. The number of hydrogen-bond acceptors (Lipinski definition) is 5. The maximum absolute atomic E-state index is 9.88. The summed E-state index contributed by atoms with van der Waals surface area (Å²) in [5.74, 6) is 1.10. The van der Waals surface area contributed by atoms with Gasteiger partial charge in [-0.05, 0) is 25.8 Å². The Bertz CT molecular complexity index is 851. The molecule has 0 aliphatic rings. The first kappa shape index (κ1) is 29.3. The van der Waals surface area contributed by atoms with Crippen molar-refractivity contribution in [2.45, 2.75) is 97.6 Å². The summed E-state index contributed by atoms with van der Waals surface area (Å²) in [6.07, 6.45) is 14.5. The highest BCUT2D eigenvalue weighted by atomic mass is 32.3. The van der Waals surface area contributed by atoms with Crippen molar-refractivity contribution in [3.63, 3.8) is 0 Å². The van der Waals surface area contributed by atoms with Crippen LogP contribution in [0.5, 0.6) is 0 Å². The number of aliphatic hydroxyl groups excluding tert-OH is 1. The zero-order valence-corrected chi connectivity index (χ0v) is 21.3. The molecule has 0 bridgehead atoms. The van der Waals surface area contributed by atoms with Crippen molar-refractivity contribution in [1.29, 1.82) is 0 Å². The first-order valence-electron chi connectivity index (χ1n) is 12.2. The molecule has 7 nitrogen and oxygen atoms in total. The van der Waals surface area contributed by atoms with E-state index in [-0.39, 0.29) is 6.61 Å². The summed E-state index contributed by atoms with van der Waals surface area (Å²) >= 11 is 0. The van der Waals surface area contributed by atoms with Crippen molar-refractivity contribution in [2.75, 3.05) is 6.61 Å². The molecule has 0 fully saturated rings. The van der Waals surface area contributed by atoms with Crippen LogP contribution < -0.4 is 0 Å². The predicted molar refractivity (Wildman–Crippen MR) is 133 cm³/mol. The molecule has 0 aliphatic heterocycles. The van der Waals surface area contributed by atoms with Crippen LogP contribution in [0.1, 0.15) is 102 Å². The van der Waals surface area contributed by atoms with E-state index < -0.39 is 16.5 Å². The fourth-order valence-electron chi connectivity index (χ4n) is 3.54. The Morgan fingerprint density at radius 1 is 0.970 bits per heavy atom. The van der Waals surface area contributed by atoms with Gasteiger partial charge in [-0.1, -0.05) is 88.6 Å². The van der Waals surface area contributed by atoms with Crippen molar-refractivity contribution >= 4 is 10.4 Å². The second kappa shape index (κ2) is 16.8. The lowest BCUT2D eigenvalue weighted by molar-refractivity contribution is 0.194. The topological polar surface area (TPSA) is 102 Å². The quantitative estimate of drug-likeness (QED) is 0.243. The third-order valence-corrected chi connectivity index (χ3v) is 5.81. The summed E-state index contributed by atoms with van der Waals surface area (Å²) in [7, 11) is -4.17. The summed E-state index contributed by atoms with van der Waals surface area (Å²) in [4.78, 5) is 4.69. The molecule has 0 saturated heterocycles. The Hall–Kier alpha value is -1.74. The number of aromatic nitrogens is 2. The fraction of sp³-hybridized carbons (Fsp3) is 0.640. The number of unbranched alkanes of at least 4 members (excludes halogenated alkanes) is 8. The Morgan fingerprint density at radius 2 is 1.55 bits per heavy atom. The third-order valence-electron chi connectivity index (χ3n) is 5.27. The molecule has 2 N–H and O–H groups in total. The first-order chi connectivity index (χ1) is 15.8. The van der Waals surface area contributed by atoms with Gasteiger partial charge in [-0.2, -0.15) is 8.42 Å². The van der Waals surface area contributed by atoms with Gasteiger partial charge in [0.05, 0.1) is 18.4 Å². The van der Waals surface area contributed by atoms with Crippen molar-refractivity contribution in [2.24, 2.45) is 0 Å². The van der Waals surface area contributed by atoms with Crippen LogP contribution >= 0.6 is 0 Å². The molecular weight excluding hydrogens is 440 g/mol. The minimum absolute atomic E-state index is 0.0289. The summed E-state index contributed by atoms with van der Waals surface area (Å²) in [5.41, 5.74) is 2.06. The van der Waals surface area contributed by atoms with E-state index >= 15 is 0 Å². The van der Waals surface area contributed by atoms with Crippen LogP contribution in [0.4, 0.5) is 0 Å². The van der Waals surface area contributed by atoms with Crippen molar-refractivity contribution in [3.8, 4) is 0 Å². The summed E-state index contributed by atoms with van der Waals surface area (Å²) in [6.45, 7) is 6.32. The predicted octanol–water partition coefficient (Wildman–Crippen LogP) is 5.88. The van der Waals surface area contributed by atoms with Crippen molar-refractivity contribution < 1.29 is 22.3 Å². The van der Waals surface area contributed by atoms with Gasteiger partial charge in [0.15, 0.2) is 0 Å². The molecule has 1 heterocycles. The highest BCUT2D eigenvalue weighted by molar-refractivity contribution is 7.80. The average molecular weight is 483 g/mol. The molecule has 0 aliphatic carbocycles. The normalized spacial score (nSPS) is 12.3. The molecule has 2 rings (SSSR count). The number of benzene rings is 1. The highest BCUT2D eigenvalue weighted by Gasteiger charge is 2.11. The average Bonchev–Trinajstić information content (AvgIpc) is 3.16. The molecule has 188 valence electrons. The first-order valence-corrected chi connectivity index (χ1v) is 13.5. The molecule has 1 aromatic heterocycles. The minimum Gasteiger partial charge on any atom is -0.387 e. The number of imidazole rings is 1. The van der Waals surface area contributed by atoms with Crippen LogP contribution in [-0.2, 0) is 27.5 Å². The Labute approximate surface area is 200 Å². The van der Waals surface area contributed by atoms with Crippen molar-refractivity contribution in [3.05, 3.63) is 53.6 Å². The standard InChI is InChI=1S/C23H36N2O.C2H6O4S/c1-3-4-5-6-7-8-9-10-14-17-23-24-22(20(2)26)19-25(23)18-21-15-12-11-13-16-21;1-2-6-7(3,4)5/h11-13,15-16,19-20,26H,3-10,14,17-18H2,1-2H3;2H2,1H3,(H,3,4,5). The van der Waals surface area contributed by atoms with Crippen LogP contribution in [0.25, 0.3) is 0 Å². The van der Waals surface area contributed by atoms with Crippen LogP contribution in [0.2, 0.25) is 0 Å². The molecule has 0 saturated carbocycles. The van der Waals surface area contributed by atoms with Crippen molar-refractivity contribution in [1.82, 2.24) is 9.55 Å². The molecule has 8 heteroatoms. The fourth-order valence-corrected chi connectivity index (χ4v) is 3.83. The van der Waals surface area contributed by atoms with Gasteiger partial charge in [-0.15, -0.1) is 0 Å². The Morgan fingerprint density at radius 3 is 2.03 bits per heavy atom. The van der Waals surface area contributed by atoms with Gasteiger partial charge in [0.1, 0.15) is 5.82 Å². The van der Waals surface area contributed by atoms with E-state index in [1.807, 2.05) is 12.3 Å². The number of aliphatic hydroxyl groups is 1. The summed E-state index contributed by atoms with van der Waals surface area (Å²) in [6, 6.07) is 10.5. The van der Waals surface area contributed by atoms with Gasteiger partial charge in [-0.3, -0.25) is 4.55 Å². The lowest BCUT2D eigenvalue weighted by atomic mass is 10.1. The van der Waals surface area contributed by atoms with E-state index in [9.17, 15) is 13.5 Å². The van der Waals surface area contributed by atoms with E-state index in [2.05, 4.69) is 44.9 Å². The van der Waals surface area contributed by atoms with Crippen LogP contribution in [0.15, 0.2) is 36.5 Å². The van der Waals surface area contributed by atoms with Gasteiger partial charge in [-0.25, -0.2) is 9.17 Å². The third kappa shape index (κ3) is 14.2. The molecule has 1 atom stereocenters. The monoisotopic (exact) mass is 482 g/mol. The van der Waals surface area contributed by atoms with Crippen LogP contribution in [-0.4, -0.2) is 34.2 Å². The summed E-state index contributed by atoms with van der Waals surface area (Å²) in [5, 5.41) is 9.88. The van der Waals surface area contributed by atoms with Gasteiger partial charge >= 0.3 is 10.4 Å². The SMILES string of the molecule is CCCCCCCCCCCc1nc(C(C)O)cn1Cc1ccccc1.CCOS(=O)(=O)O. The van der Waals surface area contributed by atoms with Gasteiger partial charge in [0, 0.05) is 19.2 Å². The largest absolute Gasteiger partial charge is 0.397 e. The van der Waals surface area contributed by atoms with Crippen LogP contribution in [0.3, 0.4) is 0 Å². The molecule has 1 unspecified atom stereocenters. The molecular formula is C25H42N2O5S. The van der Waals surface area contributed by atoms with E-state index in [0.717, 1.165) is 24.5 Å². The number of nitrogens with zero attached hydrogens (tertiary/aromatic N) is 2. The van der Waals surface area contributed by atoms with Gasteiger partial charge in [0.25, 0.3) is 0 Å². The lowest BCUT2D eigenvalue weighted by Crippen LogP contribution is -2.04. The molecule has 0 amide bonds. The molecule has 33 heavy (non-hydrogen) atoms. The summed E-state index contributed by atoms with van der Waals surface area (Å²) < 4.78 is 32.9. The van der Waals surface area contributed by atoms with Gasteiger partial charge in [0.2, 0.25) is 0 Å². The molecule has 0 radical (unpaired) electrons. The zero-order valence-electron chi connectivity index (χ0n) is 20.4. The van der Waals surface area contributed by atoms with E-state index in [1.165, 1.54) is 70.3 Å². The maximum Gasteiger partial charge on any atom is 0.397 e. The van der Waals surface area contributed by atoms with E-state index in [0.29, 0.717) is 0 Å². The Balaban J connectivity index is 0.000000675. The highest BCUT2D eigenvalue weighted by Crippen LogP contribution is 2.17. The van der Waals surface area contributed by atoms with E-state index in [4.69, 9.17) is 4.55 Å². The number of rotatable bonds is 15. The smallest absolute Gasteiger partial charge is 0.387 e.